The van der Waals surface area contributed by atoms with Gasteiger partial charge in [0.15, 0.2) is 0 Å². The standard InChI is InChI=1S/C26H25NP.BrH/c1-27(2)22-18-20-26(21-19-22)28(23-12-6-3-7-13-23,24-14-8-4-9-15-24)25-16-10-5-11-17-25;/h3-21H,1-2H3;1H/q+1;/p-1. The first-order chi connectivity index (χ1) is 13.7. The number of anilines is 1. The van der Waals surface area contributed by atoms with Crippen molar-refractivity contribution in [3.8, 4) is 0 Å². The van der Waals surface area contributed by atoms with E-state index in [1.54, 1.807) is 0 Å². The Morgan fingerprint density at radius 1 is 0.448 bits per heavy atom. The highest BCUT2D eigenvalue weighted by Gasteiger charge is 2.47. The lowest BCUT2D eigenvalue weighted by Gasteiger charge is -2.28. The molecule has 3 heteroatoms. The summed E-state index contributed by atoms with van der Waals surface area (Å²) in [5, 5.41) is 5.52. The van der Waals surface area contributed by atoms with E-state index in [4.69, 9.17) is 0 Å². The number of nitrogens with zero attached hydrogens (tertiary/aromatic N) is 1. The normalized spacial score (nSPS) is 10.8. The predicted octanol–water partition coefficient (Wildman–Crippen LogP) is 1.38. The topological polar surface area (TPSA) is 3.24 Å². The Labute approximate surface area is 185 Å². The summed E-state index contributed by atoms with van der Waals surface area (Å²) < 4.78 is 0. The summed E-state index contributed by atoms with van der Waals surface area (Å²) in [5.41, 5.74) is 1.22. The Kier molecular flexibility index (Phi) is 6.90. The molecule has 0 N–H and O–H groups in total. The smallest absolute Gasteiger partial charge is 0.144 e. The first-order valence-corrected chi connectivity index (χ1v) is 11.4. The molecule has 0 amide bonds. The van der Waals surface area contributed by atoms with Crippen molar-refractivity contribution in [3.05, 3.63) is 115 Å². The van der Waals surface area contributed by atoms with Gasteiger partial charge in [-0.3, -0.25) is 0 Å². The quantitative estimate of drug-likeness (QED) is 0.406. The number of benzene rings is 4. The Morgan fingerprint density at radius 3 is 1.07 bits per heavy atom. The van der Waals surface area contributed by atoms with Crippen LogP contribution < -0.4 is 43.1 Å². The van der Waals surface area contributed by atoms with Gasteiger partial charge in [0.1, 0.15) is 28.5 Å². The SMILES string of the molecule is CN(C)c1ccc([P+](c2ccccc2)(c2ccccc2)c2ccccc2)cc1.[Br-]. The van der Waals surface area contributed by atoms with Crippen molar-refractivity contribution >= 4 is 34.2 Å². The molecule has 0 fully saturated rings. The van der Waals surface area contributed by atoms with Gasteiger partial charge < -0.3 is 21.9 Å². The van der Waals surface area contributed by atoms with Crippen LogP contribution in [0.4, 0.5) is 5.69 Å². The van der Waals surface area contributed by atoms with Gasteiger partial charge in [0.05, 0.1) is 0 Å². The van der Waals surface area contributed by atoms with Gasteiger partial charge >= 0.3 is 0 Å². The monoisotopic (exact) mass is 461 g/mol. The fourth-order valence-corrected chi connectivity index (χ4v) is 8.07. The second kappa shape index (κ2) is 9.39. The molecule has 0 saturated carbocycles. The average Bonchev–Trinajstić information content (AvgIpc) is 2.77. The van der Waals surface area contributed by atoms with E-state index in [9.17, 15) is 0 Å². The van der Waals surface area contributed by atoms with Crippen molar-refractivity contribution in [1.82, 2.24) is 0 Å². The van der Waals surface area contributed by atoms with Crippen LogP contribution in [0.1, 0.15) is 0 Å². The number of rotatable bonds is 5. The van der Waals surface area contributed by atoms with Gasteiger partial charge in [-0.2, -0.15) is 0 Å². The number of hydrogen-bond acceptors (Lipinski definition) is 1. The van der Waals surface area contributed by atoms with Crippen LogP contribution in [0, 0.1) is 0 Å². The molecule has 4 aromatic carbocycles. The average molecular weight is 462 g/mol. The summed E-state index contributed by atoms with van der Waals surface area (Å²) in [5.74, 6) is 0. The molecule has 0 aliphatic rings. The highest BCUT2D eigenvalue weighted by atomic mass is 79.9. The van der Waals surface area contributed by atoms with E-state index >= 15 is 0 Å². The molecule has 0 bridgehead atoms. The van der Waals surface area contributed by atoms with E-state index in [0.717, 1.165) is 0 Å². The van der Waals surface area contributed by atoms with Crippen LogP contribution in [-0.4, -0.2) is 14.1 Å². The van der Waals surface area contributed by atoms with Crippen LogP contribution in [0.15, 0.2) is 115 Å². The summed E-state index contributed by atoms with van der Waals surface area (Å²) >= 11 is 0. The highest BCUT2D eigenvalue weighted by molar-refractivity contribution is 8.01. The van der Waals surface area contributed by atoms with Crippen molar-refractivity contribution in [2.45, 2.75) is 0 Å². The summed E-state index contributed by atoms with van der Waals surface area (Å²) in [7, 11) is 2.20. The summed E-state index contributed by atoms with van der Waals surface area (Å²) in [6, 6.07) is 42.1. The van der Waals surface area contributed by atoms with Gasteiger partial charge in [-0.15, -0.1) is 0 Å². The Bertz CT molecular complexity index is 920. The van der Waals surface area contributed by atoms with E-state index in [-0.39, 0.29) is 17.0 Å². The predicted molar refractivity (Wildman–Crippen MR) is 126 cm³/mol. The third-order valence-corrected chi connectivity index (χ3v) is 9.47. The van der Waals surface area contributed by atoms with Crippen LogP contribution in [0.5, 0.6) is 0 Å². The van der Waals surface area contributed by atoms with Crippen molar-refractivity contribution in [2.75, 3.05) is 19.0 Å². The Hall–Kier alpha value is -2.41. The molecular weight excluding hydrogens is 437 g/mol. The highest BCUT2D eigenvalue weighted by Crippen LogP contribution is 2.54. The van der Waals surface area contributed by atoms with Crippen LogP contribution >= 0.6 is 7.26 Å². The number of hydrogen-bond donors (Lipinski definition) is 0. The first kappa shape index (κ1) is 21.3. The van der Waals surface area contributed by atoms with Crippen molar-refractivity contribution in [1.29, 1.82) is 0 Å². The molecule has 4 rings (SSSR count). The van der Waals surface area contributed by atoms with E-state index in [0.29, 0.717) is 0 Å². The summed E-state index contributed by atoms with van der Waals surface area (Å²) in [6.45, 7) is 0. The van der Waals surface area contributed by atoms with E-state index in [1.165, 1.54) is 26.9 Å². The zero-order valence-corrected chi connectivity index (χ0v) is 19.2. The molecule has 0 radical (unpaired) electrons. The lowest BCUT2D eigenvalue weighted by molar-refractivity contribution is -0.00000543. The Morgan fingerprint density at radius 2 is 0.759 bits per heavy atom. The zero-order chi connectivity index (χ0) is 19.4. The van der Waals surface area contributed by atoms with E-state index in [1.807, 2.05) is 0 Å². The molecule has 0 aromatic heterocycles. The Balaban J connectivity index is 0.00000240. The van der Waals surface area contributed by atoms with Gasteiger partial charge in [0, 0.05) is 19.8 Å². The van der Waals surface area contributed by atoms with Crippen molar-refractivity contribution in [3.63, 3.8) is 0 Å². The number of halogens is 1. The van der Waals surface area contributed by atoms with Crippen LogP contribution in [0.3, 0.4) is 0 Å². The minimum absolute atomic E-state index is 0. The molecule has 0 saturated heterocycles. The first-order valence-electron chi connectivity index (χ1n) is 9.57. The second-order valence-corrected chi connectivity index (χ2v) is 10.5. The van der Waals surface area contributed by atoms with Gasteiger partial charge in [-0.25, -0.2) is 0 Å². The third kappa shape index (κ3) is 4.01. The maximum Gasteiger partial charge on any atom is 0.144 e. The maximum absolute atomic E-state index is 2.32. The lowest BCUT2D eigenvalue weighted by atomic mass is 10.3. The molecular formula is C26H25BrNP. The lowest BCUT2D eigenvalue weighted by Crippen LogP contribution is -3.00. The van der Waals surface area contributed by atoms with E-state index in [2.05, 4.69) is 134 Å². The van der Waals surface area contributed by atoms with Crippen LogP contribution in [0.2, 0.25) is 0 Å². The molecule has 146 valence electrons. The molecule has 4 aromatic rings. The largest absolute Gasteiger partial charge is 1.00 e. The summed E-state index contributed by atoms with van der Waals surface area (Å²) in [6.07, 6.45) is 0. The molecule has 0 unspecified atom stereocenters. The second-order valence-electron chi connectivity index (χ2n) is 7.09. The molecule has 0 heterocycles. The van der Waals surface area contributed by atoms with Crippen molar-refractivity contribution < 1.29 is 17.0 Å². The van der Waals surface area contributed by atoms with Crippen LogP contribution in [-0.2, 0) is 0 Å². The van der Waals surface area contributed by atoms with Gasteiger partial charge in [0.2, 0.25) is 0 Å². The molecule has 1 nitrogen and oxygen atoms in total. The molecule has 0 atom stereocenters. The third-order valence-electron chi connectivity index (χ3n) is 5.18. The van der Waals surface area contributed by atoms with Crippen molar-refractivity contribution in [2.24, 2.45) is 0 Å². The van der Waals surface area contributed by atoms with Gasteiger partial charge in [-0.05, 0) is 60.7 Å². The molecule has 29 heavy (non-hydrogen) atoms. The minimum atomic E-state index is -1.97. The summed E-state index contributed by atoms with van der Waals surface area (Å²) in [4.78, 5) is 2.15. The molecule has 0 aliphatic heterocycles. The fraction of sp³-hybridized carbons (Fsp3) is 0.0769. The van der Waals surface area contributed by atoms with Crippen LogP contribution in [0.25, 0.3) is 0 Å². The van der Waals surface area contributed by atoms with Gasteiger partial charge in [0.25, 0.3) is 0 Å². The zero-order valence-electron chi connectivity index (χ0n) is 16.7. The van der Waals surface area contributed by atoms with E-state index < -0.39 is 7.26 Å². The molecule has 0 spiro atoms. The molecule has 0 aliphatic carbocycles. The maximum atomic E-state index is 2.32. The van der Waals surface area contributed by atoms with Gasteiger partial charge in [-0.1, -0.05) is 54.6 Å². The fourth-order valence-electron chi connectivity index (χ4n) is 3.82. The minimum Gasteiger partial charge on any atom is -1.00 e.